The predicted molar refractivity (Wildman–Crippen MR) is 83.2 cm³/mol. The zero-order chi connectivity index (χ0) is 15.7. The Labute approximate surface area is 127 Å². The van der Waals surface area contributed by atoms with Crippen LogP contribution in [0.4, 0.5) is 0 Å². The van der Waals surface area contributed by atoms with Crippen molar-refractivity contribution < 1.29 is 14.6 Å². The van der Waals surface area contributed by atoms with E-state index in [-0.39, 0.29) is 23.7 Å². The summed E-state index contributed by atoms with van der Waals surface area (Å²) in [5, 5.41) is 14.5. The van der Waals surface area contributed by atoms with Gasteiger partial charge in [0.1, 0.15) is 16.8 Å². The number of hydrazone groups is 1. The minimum Gasteiger partial charge on any atom is -0.506 e. The summed E-state index contributed by atoms with van der Waals surface area (Å²) in [5.74, 6) is 0.0480. The van der Waals surface area contributed by atoms with Crippen LogP contribution < -0.4 is 5.43 Å². The van der Waals surface area contributed by atoms with E-state index in [0.29, 0.717) is 11.1 Å². The van der Waals surface area contributed by atoms with Crippen molar-refractivity contribution in [1.82, 2.24) is 10.4 Å². The summed E-state index contributed by atoms with van der Waals surface area (Å²) in [5.41, 5.74) is 3.99. The molecule has 1 aliphatic rings. The van der Waals surface area contributed by atoms with E-state index in [9.17, 15) is 9.90 Å². The molecule has 0 unspecified atom stereocenters. The van der Waals surface area contributed by atoms with E-state index in [1.54, 1.807) is 30.5 Å². The molecule has 6 nitrogen and oxygen atoms in total. The lowest BCUT2D eigenvalue weighted by molar-refractivity contribution is -0.116. The van der Waals surface area contributed by atoms with Crippen molar-refractivity contribution in [3.63, 3.8) is 0 Å². The summed E-state index contributed by atoms with van der Waals surface area (Å²) in [7, 11) is 0. The van der Waals surface area contributed by atoms with Crippen molar-refractivity contribution >= 4 is 28.8 Å². The minimum absolute atomic E-state index is 0.0897. The molecule has 1 aromatic carbocycles. The molecule has 2 heterocycles. The van der Waals surface area contributed by atoms with Crippen LogP contribution in [0.1, 0.15) is 19.4 Å². The van der Waals surface area contributed by atoms with E-state index >= 15 is 0 Å². The first-order valence-electron chi connectivity index (χ1n) is 6.89. The molecule has 0 atom stereocenters. The van der Waals surface area contributed by atoms with Crippen LogP contribution in [0.5, 0.6) is 5.75 Å². The predicted octanol–water partition coefficient (Wildman–Crippen LogP) is 2.19. The molecule has 3 rings (SSSR count). The van der Waals surface area contributed by atoms with Crippen LogP contribution in [0, 0.1) is 0 Å². The molecular formula is C16H15N3O3. The molecular weight excluding hydrogens is 282 g/mol. The van der Waals surface area contributed by atoms with Gasteiger partial charge in [-0.15, -0.1) is 5.10 Å². The smallest absolute Gasteiger partial charge is 0.277 e. The van der Waals surface area contributed by atoms with E-state index in [2.05, 4.69) is 15.5 Å². The van der Waals surface area contributed by atoms with Crippen molar-refractivity contribution in [3.05, 3.63) is 41.6 Å². The van der Waals surface area contributed by atoms with Crippen molar-refractivity contribution in [2.24, 2.45) is 5.10 Å². The second-order valence-electron chi connectivity index (χ2n) is 5.16. The van der Waals surface area contributed by atoms with Crippen molar-refractivity contribution in [3.8, 4) is 5.75 Å². The molecule has 0 aliphatic carbocycles. The maximum absolute atomic E-state index is 11.9. The third-order valence-electron chi connectivity index (χ3n) is 3.16. The summed E-state index contributed by atoms with van der Waals surface area (Å²) in [6.45, 7) is 3.73. The SMILES string of the molecule is CC(C)OC1=NNC(=O)C1=Cc1ccc(O)c2ncccc12. The largest absolute Gasteiger partial charge is 0.506 e. The number of pyridine rings is 1. The van der Waals surface area contributed by atoms with E-state index in [0.717, 1.165) is 10.9 Å². The molecule has 0 saturated carbocycles. The van der Waals surface area contributed by atoms with Crippen LogP contribution in [0.2, 0.25) is 0 Å². The highest BCUT2D eigenvalue weighted by Gasteiger charge is 2.25. The Kier molecular flexibility index (Phi) is 3.50. The molecule has 22 heavy (non-hydrogen) atoms. The lowest BCUT2D eigenvalue weighted by atomic mass is 10.0. The fraction of sp³-hybridized carbons (Fsp3) is 0.188. The highest BCUT2D eigenvalue weighted by Crippen LogP contribution is 2.27. The molecule has 1 amide bonds. The minimum atomic E-state index is -0.319. The molecule has 6 heteroatoms. The summed E-state index contributed by atoms with van der Waals surface area (Å²) in [6, 6.07) is 6.89. The maximum atomic E-state index is 11.9. The van der Waals surface area contributed by atoms with Gasteiger partial charge in [0.05, 0.1) is 6.10 Å². The quantitative estimate of drug-likeness (QED) is 0.832. The number of hydrogen-bond acceptors (Lipinski definition) is 5. The maximum Gasteiger partial charge on any atom is 0.277 e. The van der Waals surface area contributed by atoms with Gasteiger partial charge < -0.3 is 9.84 Å². The number of aromatic hydroxyl groups is 1. The number of carbonyl (C=O) groups excluding carboxylic acids is 1. The van der Waals surface area contributed by atoms with E-state index in [4.69, 9.17) is 4.74 Å². The van der Waals surface area contributed by atoms with Crippen molar-refractivity contribution in [2.45, 2.75) is 20.0 Å². The van der Waals surface area contributed by atoms with E-state index in [1.165, 1.54) is 0 Å². The Balaban J connectivity index is 2.10. The number of aromatic nitrogens is 1. The van der Waals surface area contributed by atoms with Gasteiger partial charge in [-0.25, -0.2) is 5.43 Å². The number of rotatable bonds is 2. The van der Waals surface area contributed by atoms with Crippen LogP contribution in [0.25, 0.3) is 17.0 Å². The van der Waals surface area contributed by atoms with Crippen molar-refractivity contribution in [2.75, 3.05) is 0 Å². The Morgan fingerprint density at radius 3 is 2.91 bits per heavy atom. The van der Waals surface area contributed by atoms with Gasteiger partial charge in [-0.1, -0.05) is 12.1 Å². The number of phenolic OH excluding ortho intramolecular Hbond substituents is 1. The molecule has 0 saturated heterocycles. The highest BCUT2D eigenvalue weighted by molar-refractivity contribution is 6.25. The molecule has 1 aromatic heterocycles. The standard InChI is InChI=1S/C16H15N3O3/c1-9(2)22-16-12(15(21)18-19-16)8-10-5-6-13(20)14-11(10)4-3-7-17-14/h3-9,20H,1-2H3,(H,18,21). The number of nitrogens with one attached hydrogen (secondary N) is 1. The number of ether oxygens (including phenoxy) is 1. The zero-order valence-corrected chi connectivity index (χ0v) is 12.2. The molecule has 0 bridgehead atoms. The Hall–Kier alpha value is -2.89. The number of fused-ring (bicyclic) bond motifs is 1. The van der Waals surface area contributed by atoms with Gasteiger partial charge >= 0.3 is 0 Å². The van der Waals surface area contributed by atoms with Crippen LogP contribution in [-0.4, -0.2) is 28.0 Å². The zero-order valence-electron chi connectivity index (χ0n) is 12.2. The van der Waals surface area contributed by atoms with Gasteiger partial charge in [0.15, 0.2) is 0 Å². The van der Waals surface area contributed by atoms with Crippen LogP contribution in [0.15, 0.2) is 41.1 Å². The average Bonchev–Trinajstić information content (AvgIpc) is 2.82. The van der Waals surface area contributed by atoms with Crippen LogP contribution in [0.3, 0.4) is 0 Å². The van der Waals surface area contributed by atoms with Gasteiger partial charge in [-0.3, -0.25) is 9.78 Å². The van der Waals surface area contributed by atoms with E-state index in [1.807, 2.05) is 19.9 Å². The number of phenols is 1. The molecule has 0 fully saturated rings. The fourth-order valence-corrected chi connectivity index (χ4v) is 2.22. The average molecular weight is 297 g/mol. The molecule has 0 radical (unpaired) electrons. The normalized spacial score (nSPS) is 16.2. The highest BCUT2D eigenvalue weighted by atomic mass is 16.5. The lowest BCUT2D eigenvalue weighted by Crippen LogP contribution is -2.16. The summed E-state index contributed by atoms with van der Waals surface area (Å²) in [6.07, 6.45) is 3.20. The Morgan fingerprint density at radius 1 is 1.32 bits per heavy atom. The van der Waals surface area contributed by atoms with Crippen LogP contribution in [-0.2, 0) is 9.53 Å². The fourth-order valence-electron chi connectivity index (χ4n) is 2.22. The molecule has 112 valence electrons. The van der Waals surface area contributed by atoms with Gasteiger partial charge in [0, 0.05) is 11.6 Å². The molecule has 2 N–H and O–H groups in total. The van der Waals surface area contributed by atoms with Crippen LogP contribution >= 0.6 is 0 Å². The number of amides is 1. The molecule has 2 aromatic rings. The summed E-state index contributed by atoms with van der Waals surface area (Å²) >= 11 is 0. The molecule has 1 aliphatic heterocycles. The number of hydrogen-bond donors (Lipinski definition) is 2. The van der Waals surface area contributed by atoms with Gasteiger partial charge in [-0.2, -0.15) is 0 Å². The third-order valence-corrected chi connectivity index (χ3v) is 3.16. The topological polar surface area (TPSA) is 83.8 Å². The Bertz CT molecular complexity index is 809. The number of benzene rings is 1. The van der Waals surface area contributed by atoms with Gasteiger partial charge in [-0.05, 0) is 37.6 Å². The first kappa shape index (κ1) is 14.1. The van der Waals surface area contributed by atoms with Gasteiger partial charge in [0.25, 0.3) is 5.91 Å². The molecule has 0 spiro atoms. The number of nitrogens with zero attached hydrogens (tertiary/aromatic N) is 2. The second-order valence-corrected chi connectivity index (χ2v) is 5.16. The first-order chi connectivity index (χ1) is 10.6. The van der Waals surface area contributed by atoms with Crippen molar-refractivity contribution in [1.29, 1.82) is 0 Å². The summed E-state index contributed by atoms with van der Waals surface area (Å²) < 4.78 is 5.54. The monoisotopic (exact) mass is 297 g/mol. The summed E-state index contributed by atoms with van der Waals surface area (Å²) in [4.78, 5) is 16.1. The van der Waals surface area contributed by atoms with Gasteiger partial charge in [0.2, 0.25) is 5.90 Å². The third kappa shape index (κ3) is 2.50. The van der Waals surface area contributed by atoms with E-state index < -0.39 is 0 Å². The number of carbonyl (C=O) groups is 1. The Morgan fingerprint density at radius 2 is 2.14 bits per heavy atom. The lowest BCUT2D eigenvalue weighted by Gasteiger charge is -2.09. The second kappa shape index (κ2) is 5.48. The first-order valence-corrected chi connectivity index (χ1v) is 6.89.